The average molecular weight is 278 g/mol. The van der Waals surface area contributed by atoms with Crippen molar-refractivity contribution >= 4 is 11.9 Å². The van der Waals surface area contributed by atoms with Gasteiger partial charge >= 0.3 is 5.97 Å². The number of ether oxygens (including phenoxy) is 1. The summed E-state index contributed by atoms with van der Waals surface area (Å²) in [5, 5.41) is 0. The fraction of sp³-hybridized carbons (Fsp3) is 0.533. The van der Waals surface area contributed by atoms with Crippen LogP contribution in [0.4, 0.5) is 0 Å². The predicted molar refractivity (Wildman–Crippen MR) is 75.7 cm³/mol. The lowest BCUT2D eigenvalue weighted by Crippen LogP contribution is -2.36. The first kappa shape index (κ1) is 16.1. The fourth-order valence-corrected chi connectivity index (χ4v) is 1.94. The molecule has 1 aromatic rings. The van der Waals surface area contributed by atoms with Gasteiger partial charge in [-0.05, 0) is 24.1 Å². The zero-order valence-electron chi connectivity index (χ0n) is 12.3. The maximum absolute atomic E-state index is 12.2. The molecule has 5 nitrogen and oxygen atoms in total. The van der Waals surface area contributed by atoms with Crippen LogP contribution in [0, 0.1) is 5.92 Å². The molecule has 0 aliphatic carbocycles. The van der Waals surface area contributed by atoms with Gasteiger partial charge in [-0.3, -0.25) is 14.6 Å². The summed E-state index contributed by atoms with van der Waals surface area (Å²) in [6.07, 6.45) is 4.67. The summed E-state index contributed by atoms with van der Waals surface area (Å²) in [6.45, 7) is 4.59. The maximum atomic E-state index is 12.2. The molecule has 0 N–H and O–H groups in total. The summed E-state index contributed by atoms with van der Waals surface area (Å²) in [7, 11) is 1.36. The van der Waals surface area contributed by atoms with Crippen LogP contribution in [0.25, 0.3) is 0 Å². The minimum atomic E-state index is -0.331. The molecule has 5 heteroatoms. The van der Waals surface area contributed by atoms with E-state index in [-0.39, 0.29) is 17.8 Å². The molecule has 1 heterocycles. The summed E-state index contributed by atoms with van der Waals surface area (Å²) < 4.78 is 4.72. The molecule has 110 valence electrons. The van der Waals surface area contributed by atoms with Crippen molar-refractivity contribution in [3.63, 3.8) is 0 Å². The molecular weight excluding hydrogens is 256 g/mol. The van der Waals surface area contributed by atoms with E-state index in [1.165, 1.54) is 7.11 Å². The number of carbonyl (C=O) groups excluding carboxylic acids is 2. The van der Waals surface area contributed by atoms with Crippen LogP contribution in [0.15, 0.2) is 24.5 Å². The van der Waals surface area contributed by atoms with E-state index in [0.29, 0.717) is 19.5 Å². The Bertz CT molecular complexity index is 434. The number of methoxy groups -OCH3 is 1. The Morgan fingerprint density at radius 3 is 2.55 bits per heavy atom. The lowest BCUT2D eigenvalue weighted by atomic mass is 10.1. The highest BCUT2D eigenvalue weighted by Crippen LogP contribution is 2.10. The molecule has 1 amide bonds. The van der Waals surface area contributed by atoms with E-state index in [0.717, 1.165) is 12.0 Å². The van der Waals surface area contributed by atoms with Crippen LogP contribution in [0.3, 0.4) is 0 Å². The molecule has 1 aromatic heterocycles. The zero-order valence-corrected chi connectivity index (χ0v) is 12.3. The lowest BCUT2D eigenvalue weighted by Gasteiger charge is -2.25. The number of pyridine rings is 1. The number of rotatable bonds is 7. The normalized spacial score (nSPS) is 11.8. The van der Waals surface area contributed by atoms with E-state index in [2.05, 4.69) is 4.98 Å². The van der Waals surface area contributed by atoms with Gasteiger partial charge in [-0.2, -0.15) is 0 Å². The van der Waals surface area contributed by atoms with Gasteiger partial charge < -0.3 is 9.64 Å². The number of amides is 1. The number of hydrogen-bond donors (Lipinski definition) is 0. The zero-order chi connectivity index (χ0) is 15.0. The minimum Gasteiger partial charge on any atom is -0.469 e. The van der Waals surface area contributed by atoms with E-state index < -0.39 is 0 Å². The molecule has 0 fully saturated rings. The van der Waals surface area contributed by atoms with Crippen molar-refractivity contribution in [2.24, 2.45) is 5.92 Å². The minimum absolute atomic E-state index is 0.0556. The van der Waals surface area contributed by atoms with Crippen LogP contribution in [-0.2, 0) is 20.9 Å². The number of aromatic nitrogens is 1. The molecule has 0 aromatic carbocycles. The lowest BCUT2D eigenvalue weighted by molar-refractivity contribution is -0.146. The Hall–Kier alpha value is -1.91. The largest absolute Gasteiger partial charge is 0.469 e. The Kier molecular flexibility index (Phi) is 6.70. The quantitative estimate of drug-likeness (QED) is 0.716. The second-order valence-corrected chi connectivity index (χ2v) is 4.80. The average Bonchev–Trinajstić information content (AvgIpc) is 2.46. The van der Waals surface area contributed by atoms with Crippen LogP contribution in [0.2, 0.25) is 0 Å². The highest BCUT2D eigenvalue weighted by atomic mass is 16.5. The van der Waals surface area contributed by atoms with Crippen LogP contribution >= 0.6 is 0 Å². The highest BCUT2D eigenvalue weighted by molar-refractivity contribution is 5.77. The molecule has 20 heavy (non-hydrogen) atoms. The molecule has 0 aliphatic heterocycles. The molecule has 0 bridgehead atoms. The van der Waals surface area contributed by atoms with Crippen LogP contribution < -0.4 is 0 Å². The van der Waals surface area contributed by atoms with Gasteiger partial charge in [0.2, 0.25) is 5.91 Å². The van der Waals surface area contributed by atoms with Crippen molar-refractivity contribution in [3.8, 4) is 0 Å². The van der Waals surface area contributed by atoms with Gasteiger partial charge in [-0.25, -0.2) is 0 Å². The monoisotopic (exact) mass is 278 g/mol. The molecule has 1 unspecified atom stereocenters. The number of carbonyl (C=O) groups is 2. The third kappa shape index (κ3) is 4.99. The van der Waals surface area contributed by atoms with Crippen molar-refractivity contribution < 1.29 is 14.3 Å². The maximum Gasteiger partial charge on any atom is 0.310 e. The van der Waals surface area contributed by atoms with E-state index >= 15 is 0 Å². The molecule has 1 rings (SSSR count). The fourth-order valence-electron chi connectivity index (χ4n) is 1.94. The summed E-state index contributed by atoms with van der Waals surface area (Å²) in [5.41, 5.74) is 1.00. The Morgan fingerprint density at radius 1 is 1.35 bits per heavy atom. The van der Waals surface area contributed by atoms with Crippen LogP contribution in [0.5, 0.6) is 0 Å². The molecule has 0 saturated carbocycles. The van der Waals surface area contributed by atoms with Crippen LogP contribution in [0.1, 0.15) is 32.3 Å². The summed E-state index contributed by atoms with van der Waals surface area (Å²) in [5.74, 6) is -0.572. The van der Waals surface area contributed by atoms with Crippen molar-refractivity contribution in [2.75, 3.05) is 13.7 Å². The SMILES string of the molecule is CCCC(=O)N(Cc1ccncc1)CC(C)C(=O)OC. The summed E-state index contributed by atoms with van der Waals surface area (Å²) in [6, 6.07) is 3.74. The number of hydrogen-bond acceptors (Lipinski definition) is 4. The molecule has 0 aliphatic rings. The number of esters is 1. The van der Waals surface area contributed by atoms with Crippen molar-refractivity contribution in [1.82, 2.24) is 9.88 Å². The van der Waals surface area contributed by atoms with Gasteiger partial charge in [0.1, 0.15) is 0 Å². The third-order valence-electron chi connectivity index (χ3n) is 3.04. The van der Waals surface area contributed by atoms with Crippen LogP contribution in [-0.4, -0.2) is 35.4 Å². The van der Waals surface area contributed by atoms with Crippen molar-refractivity contribution in [1.29, 1.82) is 0 Å². The molecular formula is C15H22N2O3. The molecule has 1 atom stereocenters. The smallest absolute Gasteiger partial charge is 0.310 e. The first-order chi connectivity index (χ1) is 9.58. The molecule has 0 saturated heterocycles. The van der Waals surface area contributed by atoms with E-state index in [1.54, 1.807) is 24.2 Å². The van der Waals surface area contributed by atoms with Gasteiger partial charge in [0.25, 0.3) is 0 Å². The van der Waals surface area contributed by atoms with Gasteiger partial charge in [0.15, 0.2) is 0 Å². The summed E-state index contributed by atoms with van der Waals surface area (Å²) in [4.78, 5) is 29.3. The van der Waals surface area contributed by atoms with Gasteiger partial charge in [0.05, 0.1) is 13.0 Å². The Morgan fingerprint density at radius 2 is 2.00 bits per heavy atom. The first-order valence-electron chi connectivity index (χ1n) is 6.83. The third-order valence-corrected chi connectivity index (χ3v) is 3.04. The predicted octanol–water partition coefficient (Wildman–Crippen LogP) is 2.02. The molecule has 0 spiro atoms. The van der Waals surface area contributed by atoms with E-state index in [1.807, 2.05) is 19.1 Å². The van der Waals surface area contributed by atoms with Crippen molar-refractivity contribution in [2.45, 2.75) is 33.2 Å². The summed E-state index contributed by atoms with van der Waals surface area (Å²) >= 11 is 0. The van der Waals surface area contributed by atoms with Gasteiger partial charge in [0, 0.05) is 31.9 Å². The standard InChI is InChI=1S/C15H22N2O3/c1-4-5-14(18)17(10-12(2)15(19)20-3)11-13-6-8-16-9-7-13/h6-9,12H,4-5,10-11H2,1-3H3. The second-order valence-electron chi connectivity index (χ2n) is 4.80. The topological polar surface area (TPSA) is 59.5 Å². The molecule has 0 radical (unpaired) electrons. The Labute approximate surface area is 119 Å². The van der Waals surface area contributed by atoms with Crippen molar-refractivity contribution in [3.05, 3.63) is 30.1 Å². The Balaban J connectivity index is 2.75. The van der Waals surface area contributed by atoms with E-state index in [9.17, 15) is 9.59 Å². The second kappa shape index (κ2) is 8.30. The first-order valence-corrected chi connectivity index (χ1v) is 6.83. The van der Waals surface area contributed by atoms with Gasteiger partial charge in [-0.1, -0.05) is 13.8 Å². The van der Waals surface area contributed by atoms with E-state index in [4.69, 9.17) is 4.74 Å². The highest BCUT2D eigenvalue weighted by Gasteiger charge is 2.21. The van der Waals surface area contributed by atoms with Gasteiger partial charge in [-0.15, -0.1) is 0 Å². The number of nitrogens with zero attached hydrogens (tertiary/aromatic N) is 2.